The molecule has 0 atom stereocenters. The van der Waals surface area contributed by atoms with Crippen LogP contribution in [0.4, 0.5) is 0 Å². The van der Waals surface area contributed by atoms with Gasteiger partial charge in [-0.25, -0.2) is 9.78 Å². The third-order valence-electron chi connectivity index (χ3n) is 3.66. The van der Waals surface area contributed by atoms with Gasteiger partial charge in [-0.3, -0.25) is 0 Å². The van der Waals surface area contributed by atoms with Gasteiger partial charge in [-0.15, -0.1) is 11.3 Å². The molecular weight excluding hydrogens is 354 g/mol. The lowest BCUT2D eigenvalue weighted by Crippen LogP contribution is -2.05. The van der Waals surface area contributed by atoms with E-state index in [2.05, 4.69) is 4.98 Å². The smallest absolute Gasteiger partial charge is 0.342 e. The molecule has 7 heteroatoms. The SMILES string of the molecule is COc1ccc(-c2nc(COC(=O)c3ccccc3O)cs2)cc1OC. The van der Waals surface area contributed by atoms with E-state index in [1.54, 1.807) is 26.4 Å². The average Bonchev–Trinajstić information content (AvgIpc) is 3.15. The van der Waals surface area contributed by atoms with E-state index in [9.17, 15) is 9.90 Å². The fourth-order valence-electron chi connectivity index (χ4n) is 2.34. The van der Waals surface area contributed by atoms with Gasteiger partial charge in [-0.1, -0.05) is 12.1 Å². The number of aromatic hydroxyl groups is 1. The number of para-hydroxylation sites is 1. The quantitative estimate of drug-likeness (QED) is 0.663. The molecule has 2 aromatic carbocycles. The predicted molar refractivity (Wildman–Crippen MR) is 97.9 cm³/mol. The highest BCUT2D eigenvalue weighted by Gasteiger charge is 2.14. The molecule has 1 aromatic heterocycles. The number of phenols is 1. The Morgan fingerprint density at radius 2 is 1.88 bits per heavy atom. The molecule has 1 N–H and O–H groups in total. The van der Waals surface area contributed by atoms with E-state index in [1.807, 2.05) is 23.6 Å². The van der Waals surface area contributed by atoms with E-state index in [1.165, 1.54) is 23.5 Å². The molecule has 134 valence electrons. The minimum atomic E-state index is -0.594. The third kappa shape index (κ3) is 3.78. The first-order chi connectivity index (χ1) is 12.6. The van der Waals surface area contributed by atoms with E-state index in [0.29, 0.717) is 17.2 Å². The van der Waals surface area contributed by atoms with Crippen molar-refractivity contribution in [3.8, 4) is 27.8 Å². The molecule has 0 fully saturated rings. The number of ether oxygens (including phenoxy) is 3. The first-order valence-corrected chi connectivity index (χ1v) is 8.62. The van der Waals surface area contributed by atoms with Crippen molar-refractivity contribution in [3.63, 3.8) is 0 Å². The van der Waals surface area contributed by atoms with Crippen molar-refractivity contribution in [2.75, 3.05) is 14.2 Å². The summed E-state index contributed by atoms with van der Waals surface area (Å²) >= 11 is 1.44. The van der Waals surface area contributed by atoms with E-state index < -0.39 is 5.97 Å². The van der Waals surface area contributed by atoms with E-state index in [4.69, 9.17) is 14.2 Å². The second-order valence-electron chi connectivity index (χ2n) is 5.31. The first-order valence-electron chi connectivity index (χ1n) is 7.74. The highest BCUT2D eigenvalue weighted by Crippen LogP contribution is 2.33. The molecule has 0 saturated heterocycles. The van der Waals surface area contributed by atoms with Crippen LogP contribution in [0.3, 0.4) is 0 Å². The molecular formula is C19H17NO5S. The number of methoxy groups -OCH3 is 2. The monoisotopic (exact) mass is 371 g/mol. The van der Waals surface area contributed by atoms with Crippen LogP contribution in [-0.4, -0.2) is 30.3 Å². The Bertz CT molecular complexity index is 922. The molecule has 3 aromatic rings. The summed E-state index contributed by atoms with van der Waals surface area (Å²) in [6, 6.07) is 11.8. The lowest BCUT2D eigenvalue weighted by Gasteiger charge is -2.08. The van der Waals surface area contributed by atoms with Crippen molar-refractivity contribution >= 4 is 17.3 Å². The van der Waals surface area contributed by atoms with Crippen molar-refractivity contribution in [2.45, 2.75) is 6.61 Å². The van der Waals surface area contributed by atoms with Crippen LogP contribution in [0.25, 0.3) is 10.6 Å². The molecule has 0 amide bonds. The van der Waals surface area contributed by atoms with Gasteiger partial charge in [-0.05, 0) is 30.3 Å². The topological polar surface area (TPSA) is 77.9 Å². The van der Waals surface area contributed by atoms with Crippen molar-refractivity contribution in [2.24, 2.45) is 0 Å². The Labute approximate surface area is 154 Å². The predicted octanol–water partition coefficient (Wildman–Crippen LogP) is 3.89. The Morgan fingerprint density at radius 1 is 1.12 bits per heavy atom. The van der Waals surface area contributed by atoms with Crippen LogP contribution in [0.15, 0.2) is 47.8 Å². The average molecular weight is 371 g/mol. The summed E-state index contributed by atoms with van der Waals surface area (Å²) in [5.41, 5.74) is 1.64. The molecule has 3 rings (SSSR count). The summed E-state index contributed by atoms with van der Waals surface area (Å²) in [4.78, 5) is 16.5. The number of thiazole rings is 1. The van der Waals surface area contributed by atoms with Crippen LogP contribution >= 0.6 is 11.3 Å². The molecule has 0 radical (unpaired) electrons. The molecule has 0 aliphatic heterocycles. The van der Waals surface area contributed by atoms with Gasteiger partial charge in [-0.2, -0.15) is 0 Å². The number of carbonyl (C=O) groups is 1. The number of rotatable bonds is 6. The zero-order valence-electron chi connectivity index (χ0n) is 14.3. The number of carbonyl (C=O) groups excluding carboxylic acids is 1. The Kier molecular flexibility index (Phi) is 5.38. The molecule has 0 bridgehead atoms. The maximum absolute atomic E-state index is 12.0. The zero-order chi connectivity index (χ0) is 18.5. The summed E-state index contributed by atoms with van der Waals surface area (Å²) in [7, 11) is 3.16. The largest absolute Gasteiger partial charge is 0.507 e. The zero-order valence-corrected chi connectivity index (χ0v) is 15.1. The van der Waals surface area contributed by atoms with Gasteiger partial charge >= 0.3 is 5.97 Å². The Hall–Kier alpha value is -3.06. The number of hydrogen-bond acceptors (Lipinski definition) is 7. The van der Waals surface area contributed by atoms with Crippen LogP contribution in [0.1, 0.15) is 16.1 Å². The second kappa shape index (κ2) is 7.88. The molecule has 0 unspecified atom stereocenters. The highest BCUT2D eigenvalue weighted by atomic mass is 32.1. The summed E-state index contributed by atoms with van der Waals surface area (Å²) in [6.07, 6.45) is 0. The number of benzene rings is 2. The molecule has 26 heavy (non-hydrogen) atoms. The maximum atomic E-state index is 12.0. The van der Waals surface area contributed by atoms with Crippen LogP contribution in [0.2, 0.25) is 0 Å². The molecule has 6 nitrogen and oxygen atoms in total. The number of aromatic nitrogens is 1. The van der Waals surface area contributed by atoms with Crippen LogP contribution < -0.4 is 9.47 Å². The fraction of sp³-hybridized carbons (Fsp3) is 0.158. The van der Waals surface area contributed by atoms with Gasteiger partial charge < -0.3 is 19.3 Å². The molecule has 0 aliphatic rings. The summed E-state index contributed by atoms with van der Waals surface area (Å²) in [6.45, 7) is 0.0248. The van der Waals surface area contributed by atoms with Gasteiger partial charge in [0.1, 0.15) is 22.9 Å². The minimum Gasteiger partial charge on any atom is -0.507 e. The molecule has 0 spiro atoms. The summed E-state index contributed by atoms with van der Waals surface area (Å²) < 4.78 is 15.8. The highest BCUT2D eigenvalue weighted by molar-refractivity contribution is 7.13. The van der Waals surface area contributed by atoms with Crippen LogP contribution in [-0.2, 0) is 11.3 Å². The lowest BCUT2D eigenvalue weighted by atomic mass is 10.2. The van der Waals surface area contributed by atoms with Gasteiger partial charge in [0.2, 0.25) is 0 Å². The molecule has 1 heterocycles. The van der Waals surface area contributed by atoms with Crippen molar-refractivity contribution in [3.05, 3.63) is 59.1 Å². The minimum absolute atomic E-state index is 0.0248. The normalized spacial score (nSPS) is 10.4. The fourth-order valence-corrected chi connectivity index (χ4v) is 3.14. The van der Waals surface area contributed by atoms with E-state index in [-0.39, 0.29) is 17.9 Å². The number of nitrogens with zero attached hydrogens (tertiary/aromatic N) is 1. The van der Waals surface area contributed by atoms with Gasteiger partial charge in [0.15, 0.2) is 11.5 Å². The van der Waals surface area contributed by atoms with Gasteiger partial charge in [0, 0.05) is 10.9 Å². The van der Waals surface area contributed by atoms with E-state index >= 15 is 0 Å². The number of hydrogen-bond donors (Lipinski definition) is 1. The van der Waals surface area contributed by atoms with E-state index in [0.717, 1.165) is 10.6 Å². The second-order valence-corrected chi connectivity index (χ2v) is 6.17. The lowest BCUT2D eigenvalue weighted by molar-refractivity contribution is 0.0465. The third-order valence-corrected chi connectivity index (χ3v) is 4.60. The first kappa shape index (κ1) is 17.8. The number of esters is 1. The molecule has 0 aliphatic carbocycles. The Balaban J connectivity index is 1.70. The standard InChI is InChI=1S/C19H17NO5S/c1-23-16-8-7-12(9-17(16)24-2)18-20-13(11-26-18)10-25-19(22)14-5-3-4-6-15(14)21/h3-9,11,21H,10H2,1-2H3. The maximum Gasteiger partial charge on any atom is 0.342 e. The van der Waals surface area contributed by atoms with Crippen molar-refractivity contribution in [1.82, 2.24) is 4.98 Å². The van der Waals surface area contributed by atoms with Gasteiger partial charge in [0.25, 0.3) is 0 Å². The number of phenolic OH excluding ortho intramolecular Hbond substituents is 1. The summed E-state index contributed by atoms with van der Waals surface area (Å²) in [5, 5.41) is 12.3. The Morgan fingerprint density at radius 3 is 2.62 bits per heavy atom. The summed E-state index contributed by atoms with van der Waals surface area (Å²) in [5.74, 6) is 0.558. The van der Waals surface area contributed by atoms with Gasteiger partial charge in [0.05, 0.1) is 19.9 Å². The van der Waals surface area contributed by atoms with Crippen molar-refractivity contribution in [1.29, 1.82) is 0 Å². The molecule has 0 saturated carbocycles. The van der Waals surface area contributed by atoms with Crippen molar-refractivity contribution < 1.29 is 24.1 Å². The van der Waals surface area contributed by atoms with Crippen LogP contribution in [0, 0.1) is 0 Å². The van der Waals surface area contributed by atoms with Crippen LogP contribution in [0.5, 0.6) is 17.2 Å².